The zero-order chi connectivity index (χ0) is 14.4. The molecule has 1 aromatic rings. The average molecular weight is 316 g/mol. The van der Waals surface area contributed by atoms with Gasteiger partial charge in [-0.1, -0.05) is 12.1 Å². The summed E-state index contributed by atoms with van der Waals surface area (Å²) in [7, 11) is 1.96. The molecule has 21 heavy (non-hydrogen) atoms. The molecule has 1 aliphatic rings. The molecule has 0 radical (unpaired) electrons. The molecular weight excluding hydrogens is 293 g/mol. The number of para-hydroxylation sites is 1. The van der Waals surface area contributed by atoms with Gasteiger partial charge in [0.05, 0.1) is 5.69 Å². The van der Waals surface area contributed by atoms with Crippen molar-refractivity contribution in [2.24, 2.45) is 5.92 Å². The molecule has 118 valence electrons. The highest BCUT2D eigenvalue weighted by atomic mass is 35.5. The normalized spacial score (nSPS) is 18.3. The molecule has 0 bridgehead atoms. The number of likely N-dealkylation sites (tertiary alicyclic amines) is 1. The second-order valence-corrected chi connectivity index (χ2v) is 5.29. The Kier molecular flexibility index (Phi) is 7.64. The van der Waals surface area contributed by atoms with Crippen LogP contribution in [0.1, 0.15) is 12.8 Å². The quantitative estimate of drug-likeness (QED) is 0.845. The van der Waals surface area contributed by atoms with Gasteiger partial charge in [0.1, 0.15) is 5.82 Å². The van der Waals surface area contributed by atoms with E-state index in [0.717, 1.165) is 26.2 Å². The van der Waals surface area contributed by atoms with Crippen molar-refractivity contribution < 1.29 is 9.18 Å². The van der Waals surface area contributed by atoms with Crippen LogP contribution in [-0.2, 0) is 4.79 Å². The van der Waals surface area contributed by atoms with Crippen LogP contribution in [0.5, 0.6) is 0 Å². The second-order valence-electron chi connectivity index (χ2n) is 5.29. The smallest absolute Gasteiger partial charge is 0.225 e. The number of benzene rings is 1. The van der Waals surface area contributed by atoms with Crippen LogP contribution in [0, 0.1) is 11.7 Å². The van der Waals surface area contributed by atoms with Crippen LogP contribution in [0.3, 0.4) is 0 Å². The van der Waals surface area contributed by atoms with Crippen molar-refractivity contribution in [3.05, 3.63) is 30.1 Å². The summed E-state index contributed by atoms with van der Waals surface area (Å²) in [6.45, 7) is 3.84. The summed E-state index contributed by atoms with van der Waals surface area (Å²) in [4.78, 5) is 14.1. The van der Waals surface area contributed by atoms with Gasteiger partial charge in [0.25, 0.3) is 0 Å². The molecule has 2 rings (SSSR count). The molecule has 1 aromatic carbocycles. The Morgan fingerprint density at radius 2 is 2.19 bits per heavy atom. The van der Waals surface area contributed by atoms with Gasteiger partial charge >= 0.3 is 0 Å². The largest absolute Gasteiger partial charge is 0.324 e. The summed E-state index contributed by atoms with van der Waals surface area (Å²) in [5.74, 6) is 0.151. The molecule has 1 atom stereocenters. The first-order chi connectivity index (χ1) is 9.69. The van der Waals surface area contributed by atoms with E-state index >= 15 is 0 Å². The van der Waals surface area contributed by atoms with Crippen LogP contribution >= 0.6 is 12.4 Å². The average Bonchev–Trinajstić information content (AvgIpc) is 2.87. The SMILES string of the molecule is CNCC1CCN(CCC(=O)Nc2ccccc2F)C1.Cl. The number of hydrogen-bond acceptors (Lipinski definition) is 3. The van der Waals surface area contributed by atoms with Crippen LogP contribution in [0.2, 0.25) is 0 Å². The maximum Gasteiger partial charge on any atom is 0.225 e. The first-order valence-electron chi connectivity index (χ1n) is 7.10. The zero-order valence-electron chi connectivity index (χ0n) is 12.3. The first kappa shape index (κ1) is 17.9. The molecule has 0 spiro atoms. The number of amides is 1. The van der Waals surface area contributed by atoms with Gasteiger partial charge in [0, 0.05) is 19.5 Å². The molecule has 6 heteroatoms. The number of carbonyl (C=O) groups is 1. The number of nitrogens with zero attached hydrogens (tertiary/aromatic N) is 1. The summed E-state index contributed by atoms with van der Waals surface area (Å²) in [5.41, 5.74) is 0.256. The summed E-state index contributed by atoms with van der Waals surface area (Å²) in [6, 6.07) is 6.24. The molecule has 0 saturated carbocycles. The third-order valence-corrected chi connectivity index (χ3v) is 3.67. The Hall–Kier alpha value is -1.17. The van der Waals surface area contributed by atoms with Crippen LogP contribution in [0.15, 0.2) is 24.3 Å². The highest BCUT2D eigenvalue weighted by molar-refractivity contribution is 5.90. The lowest BCUT2D eigenvalue weighted by molar-refractivity contribution is -0.116. The lowest BCUT2D eigenvalue weighted by atomic mass is 10.1. The molecule has 1 saturated heterocycles. The summed E-state index contributed by atoms with van der Waals surface area (Å²) in [5, 5.41) is 5.80. The lowest BCUT2D eigenvalue weighted by Gasteiger charge is -2.15. The molecular formula is C15H23ClFN3O. The molecule has 1 amide bonds. The third kappa shape index (κ3) is 5.61. The Labute approximate surface area is 131 Å². The number of anilines is 1. The highest BCUT2D eigenvalue weighted by Crippen LogP contribution is 2.16. The van der Waals surface area contributed by atoms with Gasteiger partial charge < -0.3 is 15.5 Å². The highest BCUT2D eigenvalue weighted by Gasteiger charge is 2.21. The van der Waals surface area contributed by atoms with Crippen LogP contribution in [-0.4, -0.2) is 44.0 Å². The molecule has 1 fully saturated rings. The van der Waals surface area contributed by atoms with E-state index in [9.17, 15) is 9.18 Å². The van der Waals surface area contributed by atoms with E-state index in [-0.39, 0.29) is 24.0 Å². The Balaban J connectivity index is 0.00000220. The second kappa shape index (κ2) is 8.97. The van der Waals surface area contributed by atoms with E-state index in [2.05, 4.69) is 15.5 Å². The predicted octanol–water partition coefficient (Wildman–Crippen LogP) is 2.12. The van der Waals surface area contributed by atoms with Crippen LogP contribution in [0.25, 0.3) is 0 Å². The standard InChI is InChI=1S/C15H22FN3O.ClH/c1-17-10-12-6-8-19(11-12)9-7-15(20)18-14-5-3-2-4-13(14)16;/h2-5,12,17H,6-11H2,1H3,(H,18,20);1H. The van der Waals surface area contributed by atoms with E-state index in [1.807, 2.05) is 7.05 Å². The predicted molar refractivity (Wildman–Crippen MR) is 85.4 cm³/mol. The molecule has 4 nitrogen and oxygen atoms in total. The zero-order valence-corrected chi connectivity index (χ0v) is 13.1. The fourth-order valence-corrected chi connectivity index (χ4v) is 2.61. The number of halogens is 2. The number of rotatable bonds is 6. The van der Waals surface area contributed by atoms with Gasteiger partial charge in [-0.2, -0.15) is 0 Å². The molecule has 1 aliphatic heterocycles. The first-order valence-corrected chi connectivity index (χ1v) is 7.10. The minimum absolute atomic E-state index is 0. The maximum atomic E-state index is 13.4. The fourth-order valence-electron chi connectivity index (χ4n) is 2.61. The minimum atomic E-state index is -0.392. The molecule has 1 heterocycles. The van der Waals surface area contributed by atoms with Crippen molar-refractivity contribution in [2.75, 3.05) is 38.5 Å². The Bertz CT molecular complexity index is 458. The Morgan fingerprint density at radius 1 is 1.43 bits per heavy atom. The van der Waals surface area contributed by atoms with E-state index in [4.69, 9.17) is 0 Å². The Morgan fingerprint density at radius 3 is 2.90 bits per heavy atom. The minimum Gasteiger partial charge on any atom is -0.324 e. The topological polar surface area (TPSA) is 44.4 Å². The van der Waals surface area contributed by atoms with Crippen molar-refractivity contribution >= 4 is 24.0 Å². The van der Waals surface area contributed by atoms with Crippen molar-refractivity contribution in [3.8, 4) is 0 Å². The molecule has 0 aliphatic carbocycles. The fraction of sp³-hybridized carbons (Fsp3) is 0.533. The molecule has 1 unspecified atom stereocenters. The molecule has 2 N–H and O–H groups in total. The molecule has 0 aromatic heterocycles. The number of nitrogens with one attached hydrogen (secondary N) is 2. The summed E-state index contributed by atoms with van der Waals surface area (Å²) < 4.78 is 13.4. The van der Waals surface area contributed by atoms with Gasteiger partial charge in [-0.25, -0.2) is 4.39 Å². The lowest BCUT2D eigenvalue weighted by Crippen LogP contribution is -2.28. The summed E-state index contributed by atoms with van der Waals surface area (Å²) in [6.07, 6.45) is 1.58. The van der Waals surface area contributed by atoms with Crippen molar-refractivity contribution in [1.82, 2.24) is 10.2 Å². The van der Waals surface area contributed by atoms with E-state index in [1.54, 1.807) is 18.2 Å². The van der Waals surface area contributed by atoms with Gasteiger partial charge in [0.15, 0.2) is 0 Å². The van der Waals surface area contributed by atoms with Gasteiger partial charge in [-0.3, -0.25) is 4.79 Å². The van der Waals surface area contributed by atoms with Crippen molar-refractivity contribution in [1.29, 1.82) is 0 Å². The summed E-state index contributed by atoms with van der Waals surface area (Å²) >= 11 is 0. The maximum absolute atomic E-state index is 13.4. The van der Waals surface area contributed by atoms with Gasteiger partial charge in [-0.15, -0.1) is 12.4 Å². The van der Waals surface area contributed by atoms with Crippen LogP contribution in [0.4, 0.5) is 10.1 Å². The van der Waals surface area contributed by atoms with Crippen molar-refractivity contribution in [3.63, 3.8) is 0 Å². The van der Waals surface area contributed by atoms with E-state index in [0.29, 0.717) is 12.3 Å². The van der Waals surface area contributed by atoms with Gasteiger partial charge in [-0.05, 0) is 44.6 Å². The van der Waals surface area contributed by atoms with E-state index in [1.165, 1.54) is 12.5 Å². The number of carbonyl (C=O) groups excluding carboxylic acids is 1. The third-order valence-electron chi connectivity index (χ3n) is 3.67. The van der Waals surface area contributed by atoms with E-state index < -0.39 is 5.82 Å². The number of hydrogen-bond donors (Lipinski definition) is 2. The van der Waals surface area contributed by atoms with Crippen molar-refractivity contribution in [2.45, 2.75) is 12.8 Å². The van der Waals surface area contributed by atoms with Gasteiger partial charge in [0.2, 0.25) is 5.91 Å². The monoisotopic (exact) mass is 315 g/mol. The van der Waals surface area contributed by atoms with Crippen LogP contribution < -0.4 is 10.6 Å².